The van der Waals surface area contributed by atoms with Crippen LogP contribution in [0.15, 0.2) is 85.5 Å². The third-order valence-electron chi connectivity index (χ3n) is 6.19. The van der Waals surface area contributed by atoms with Gasteiger partial charge in [0.25, 0.3) is 5.91 Å². The Balaban J connectivity index is 1.72. The number of methoxy groups -OCH3 is 1. The number of carbonyl (C=O) groups excluding carboxylic acids is 2. The first kappa shape index (κ1) is 21.5. The number of rotatable bonds is 7. The SMILES string of the molecule is C=CCNC(=O)CN1C(=O)c2ccccc2C1c1c(-c2cccc(OC)c2)[nH]c2ccccc12. The van der Waals surface area contributed by atoms with Crippen molar-refractivity contribution in [1.82, 2.24) is 15.2 Å². The van der Waals surface area contributed by atoms with Crippen molar-refractivity contribution in [3.8, 4) is 17.0 Å². The molecule has 170 valence electrons. The van der Waals surface area contributed by atoms with Crippen LogP contribution < -0.4 is 10.1 Å². The van der Waals surface area contributed by atoms with Gasteiger partial charge in [-0.15, -0.1) is 6.58 Å². The molecule has 0 radical (unpaired) electrons. The van der Waals surface area contributed by atoms with E-state index < -0.39 is 6.04 Å². The number of nitrogens with one attached hydrogen (secondary N) is 2. The van der Waals surface area contributed by atoms with E-state index >= 15 is 0 Å². The van der Waals surface area contributed by atoms with Gasteiger partial charge in [0.15, 0.2) is 0 Å². The van der Waals surface area contributed by atoms with E-state index in [0.717, 1.165) is 39.0 Å². The van der Waals surface area contributed by atoms with Crippen LogP contribution in [0.5, 0.6) is 5.75 Å². The molecule has 1 aliphatic rings. The van der Waals surface area contributed by atoms with Crippen LogP contribution in [-0.2, 0) is 4.79 Å². The molecule has 1 unspecified atom stereocenters. The number of H-pyrrole nitrogens is 1. The van der Waals surface area contributed by atoms with Crippen molar-refractivity contribution in [3.05, 3.63) is 102 Å². The van der Waals surface area contributed by atoms with E-state index in [2.05, 4.69) is 16.9 Å². The predicted molar refractivity (Wildman–Crippen MR) is 133 cm³/mol. The lowest BCUT2D eigenvalue weighted by Crippen LogP contribution is -2.39. The van der Waals surface area contributed by atoms with Crippen molar-refractivity contribution < 1.29 is 14.3 Å². The van der Waals surface area contributed by atoms with Gasteiger partial charge in [-0.05, 0) is 29.8 Å². The molecule has 5 rings (SSSR count). The van der Waals surface area contributed by atoms with Crippen molar-refractivity contribution in [3.63, 3.8) is 0 Å². The van der Waals surface area contributed by atoms with Crippen LogP contribution in [0.25, 0.3) is 22.2 Å². The second kappa shape index (κ2) is 8.90. The van der Waals surface area contributed by atoms with E-state index in [-0.39, 0.29) is 18.4 Å². The number of fused-ring (bicyclic) bond motifs is 2. The van der Waals surface area contributed by atoms with E-state index in [1.54, 1.807) is 18.1 Å². The molecule has 1 aliphatic heterocycles. The van der Waals surface area contributed by atoms with Gasteiger partial charge < -0.3 is 19.9 Å². The molecule has 6 heteroatoms. The van der Waals surface area contributed by atoms with Crippen molar-refractivity contribution >= 4 is 22.7 Å². The summed E-state index contributed by atoms with van der Waals surface area (Å²) < 4.78 is 5.46. The van der Waals surface area contributed by atoms with Gasteiger partial charge in [0.1, 0.15) is 12.3 Å². The molecular weight excluding hydrogens is 426 g/mol. The lowest BCUT2D eigenvalue weighted by Gasteiger charge is -2.26. The van der Waals surface area contributed by atoms with Crippen LogP contribution in [-0.4, -0.2) is 41.9 Å². The maximum absolute atomic E-state index is 13.5. The number of hydrogen-bond acceptors (Lipinski definition) is 3. The smallest absolute Gasteiger partial charge is 0.255 e. The first-order valence-corrected chi connectivity index (χ1v) is 11.1. The van der Waals surface area contributed by atoms with E-state index in [1.807, 2.05) is 72.8 Å². The number of hydrogen-bond donors (Lipinski definition) is 2. The average molecular weight is 452 g/mol. The van der Waals surface area contributed by atoms with Crippen LogP contribution in [0, 0.1) is 0 Å². The molecule has 1 aromatic heterocycles. The Bertz CT molecular complexity index is 1410. The maximum Gasteiger partial charge on any atom is 0.255 e. The van der Waals surface area contributed by atoms with Crippen LogP contribution >= 0.6 is 0 Å². The van der Waals surface area contributed by atoms with E-state index in [9.17, 15) is 9.59 Å². The van der Waals surface area contributed by atoms with Crippen LogP contribution in [0.2, 0.25) is 0 Å². The van der Waals surface area contributed by atoms with Crippen LogP contribution in [0.3, 0.4) is 0 Å². The van der Waals surface area contributed by atoms with E-state index in [4.69, 9.17) is 4.74 Å². The van der Waals surface area contributed by atoms with E-state index in [1.165, 1.54) is 0 Å². The Morgan fingerprint density at radius 1 is 1.12 bits per heavy atom. The lowest BCUT2D eigenvalue weighted by atomic mass is 9.93. The lowest BCUT2D eigenvalue weighted by molar-refractivity contribution is -0.121. The molecule has 0 fully saturated rings. The molecule has 0 saturated carbocycles. The fourth-order valence-corrected chi connectivity index (χ4v) is 4.70. The second-order valence-corrected chi connectivity index (χ2v) is 8.21. The zero-order valence-corrected chi connectivity index (χ0v) is 18.9. The van der Waals surface area contributed by atoms with Gasteiger partial charge >= 0.3 is 0 Å². The van der Waals surface area contributed by atoms with Crippen molar-refractivity contribution in [2.75, 3.05) is 20.2 Å². The quantitative estimate of drug-likeness (QED) is 0.400. The van der Waals surface area contributed by atoms with Gasteiger partial charge in [0.2, 0.25) is 5.91 Å². The number of ether oxygens (including phenoxy) is 1. The number of para-hydroxylation sites is 1. The Hall–Kier alpha value is -4.32. The Kier molecular flexibility index (Phi) is 5.64. The summed E-state index contributed by atoms with van der Waals surface area (Å²) in [5, 5.41) is 3.80. The Morgan fingerprint density at radius 2 is 1.91 bits per heavy atom. The third-order valence-corrected chi connectivity index (χ3v) is 6.19. The first-order chi connectivity index (χ1) is 16.6. The number of nitrogens with zero attached hydrogens (tertiary/aromatic N) is 1. The standard InChI is InChI=1S/C28H25N3O3/c1-3-15-29-24(32)17-31-27(20-11-4-5-12-21(20)28(31)33)25-22-13-6-7-14-23(22)30-26(25)18-9-8-10-19(16-18)34-2/h3-14,16,27,30H,1,15,17H2,2H3,(H,29,32). The zero-order valence-electron chi connectivity index (χ0n) is 18.9. The van der Waals surface area contributed by atoms with Gasteiger partial charge in [-0.3, -0.25) is 9.59 Å². The van der Waals surface area contributed by atoms with Crippen LogP contribution in [0.4, 0.5) is 0 Å². The highest BCUT2D eigenvalue weighted by Crippen LogP contribution is 2.45. The average Bonchev–Trinajstić information content (AvgIpc) is 3.38. The number of aromatic amines is 1. The summed E-state index contributed by atoms with van der Waals surface area (Å²) in [5.74, 6) is 0.357. The Labute approximate surface area is 197 Å². The molecule has 2 N–H and O–H groups in total. The highest BCUT2D eigenvalue weighted by atomic mass is 16.5. The number of carbonyl (C=O) groups is 2. The highest BCUT2D eigenvalue weighted by molar-refractivity contribution is 6.03. The number of amides is 2. The second-order valence-electron chi connectivity index (χ2n) is 8.21. The maximum atomic E-state index is 13.5. The molecule has 1 atom stereocenters. The summed E-state index contributed by atoms with van der Waals surface area (Å²) >= 11 is 0. The van der Waals surface area contributed by atoms with Crippen molar-refractivity contribution in [2.45, 2.75) is 6.04 Å². The largest absolute Gasteiger partial charge is 0.497 e. The fraction of sp³-hybridized carbons (Fsp3) is 0.143. The Morgan fingerprint density at radius 3 is 2.74 bits per heavy atom. The fourth-order valence-electron chi connectivity index (χ4n) is 4.70. The van der Waals surface area contributed by atoms with Gasteiger partial charge in [-0.25, -0.2) is 0 Å². The number of benzene rings is 3. The minimum atomic E-state index is -0.421. The molecule has 4 aromatic rings. The molecule has 3 aromatic carbocycles. The summed E-state index contributed by atoms with van der Waals surface area (Å²) in [5.41, 5.74) is 5.26. The van der Waals surface area contributed by atoms with Crippen molar-refractivity contribution in [1.29, 1.82) is 0 Å². The summed E-state index contributed by atoms with van der Waals surface area (Å²) in [6.45, 7) is 3.95. The highest BCUT2D eigenvalue weighted by Gasteiger charge is 2.40. The molecule has 34 heavy (non-hydrogen) atoms. The van der Waals surface area contributed by atoms with Gasteiger partial charge in [0.05, 0.1) is 18.8 Å². The predicted octanol–water partition coefficient (Wildman–Crippen LogP) is 4.69. The summed E-state index contributed by atoms with van der Waals surface area (Å²) in [7, 11) is 1.64. The molecule has 6 nitrogen and oxygen atoms in total. The van der Waals surface area contributed by atoms with Crippen molar-refractivity contribution in [2.24, 2.45) is 0 Å². The van der Waals surface area contributed by atoms with Crippen LogP contribution in [0.1, 0.15) is 27.5 Å². The minimum Gasteiger partial charge on any atom is -0.497 e. The number of aromatic nitrogens is 1. The molecule has 0 spiro atoms. The first-order valence-electron chi connectivity index (χ1n) is 11.1. The van der Waals surface area contributed by atoms with Gasteiger partial charge in [-0.2, -0.15) is 0 Å². The molecular formula is C28H25N3O3. The van der Waals surface area contributed by atoms with E-state index in [0.29, 0.717) is 12.1 Å². The summed E-state index contributed by atoms with van der Waals surface area (Å²) in [6.07, 6.45) is 1.62. The minimum absolute atomic E-state index is 0.0525. The zero-order chi connectivity index (χ0) is 23.7. The van der Waals surface area contributed by atoms with Gasteiger partial charge in [-0.1, -0.05) is 54.6 Å². The summed E-state index contributed by atoms with van der Waals surface area (Å²) in [4.78, 5) is 31.4. The topological polar surface area (TPSA) is 74.4 Å². The normalized spacial score (nSPS) is 14.8. The molecule has 0 saturated heterocycles. The molecule has 0 bridgehead atoms. The summed E-state index contributed by atoms with van der Waals surface area (Å²) in [6, 6.07) is 23.0. The third kappa shape index (κ3) is 3.63. The molecule has 2 amide bonds. The molecule has 0 aliphatic carbocycles. The van der Waals surface area contributed by atoms with Gasteiger partial charge in [0, 0.05) is 34.1 Å². The molecule has 2 heterocycles. The monoisotopic (exact) mass is 451 g/mol.